The Hall–Kier alpha value is -4.21. The third kappa shape index (κ3) is 4.41. The fourth-order valence-electron chi connectivity index (χ4n) is 4.61. The molecule has 10 heteroatoms. The second-order valence-electron chi connectivity index (χ2n) is 8.93. The quantitative estimate of drug-likeness (QED) is 0.422. The number of hydrogen-bond acceptors (Lipinski definition) is 6. The summed E-state index contributed by atoms with van der Waals surface area (Å²) in [5, 5.41) is 9.79. The molecule has 36 heavy (non-hydrogen) atoms. The molecule has 0 amide bonds. The molecule has 0 radical (unpaired) electrons. The first-order valence-electron chi connectivity index (χ1n) is 11.7. The first-order valence-corrected chi connectivity index (χ1v) is 11.7. The lowest BCUT2D eigenvalue weighted by molar-refractivity contribution is -0.140. The van der Waals surface area contributed by atoms with Gasteiger partial charge in [-0.25, -0.2) is 14.4 Å². The van der Waals surface area contributed by atoms with Crippen LogP contribution in [-0.4, -0.2) is 49.9 Å². The van der Waals surface area contributed by atoms with Crippen molar-refractivity contribution in [3.63, 3.8) is 0 Å². The number of aromatic nitrogens is 4. The number of halogens is 1. The molecule has 5 rings (SSSR count). The first-order chi connectivity index (χ1) is 17.3. The van der Waals surface area contributed by atoms with Gasteiger partial charge in [0.05, 0.1) is 23.4 Å². The van der Waals surface area contributed by atoms with E-state index in [9.17, 15) is 19.1 Å². The van der Waals surface area contributed by atoms with Gasteiger partial charge in [0.25, 0.3) is 5.56 Å². The number of ether oxygens (including phenoxy) is 1. The maximum absolute atomic E-state index is 13.5. The molecule has 1 unspecified atom stereocenters. The maximum atomic E-state index is 13.5. The van der Waals surface area contributed by atoms with Gasteiger partial charge in [0, 0.05) is 50.6 Å². The van der Waals surface area contributed by atoms with Gasteiger partial charge >= 0.3 is 5.97 Å². The highest BCUT2D eigenvalue weighted by atomic mass is 19.1. The molecule has 1 aliphatic heterocycles. The zero-order valence-electron chi connectivity index (χ0n) is 20.0. The van der Waals surface area contributed by atoms with E-state index in [1.165, 1.54) is 11.6 Å². The van der Waals surface area contributed by atoms with Crippen LogP contribution in [0, 0.1) is 5.92 Å². The number of rotatable bonds is 7. The number of nitrogens with zero attached hydrogens (tertiary/aromatic N) is 5. The minimum absolute atomic E-state index is 0.137. The lowest BCUT2D eigenvalue weighted by Crippen LogP contribution is -2.24. The molecule has 0 saturated carbocycles. The Morgan fingerprint density at radius 2 is 1.94 bits per heavy atom. The highest BCUT2D eigenvalue weighted by molar-refractivity contribution is 5.84. The topological polar surface area (TPSA) is 102 Å². The van der Waals surface area contributed by atoms with Crippen LogP contribution in [0.2, 0.25) is 0 Å². The second kappa shape index (κ2) is 9.44. The number of para-hydroxylation sites is 1. The normalized spacial score (nSPS) is 16.4. The van der Waals surface area contributed by atoms with Gasteiger partial charge in [-0.2, -0.15) is 0 Å². The van der Waals surface area contributed by atoms with E-state index in [0.29, 0.717) is 43.1 Å². The summed E-state index contributed by atoms with van der Waals surface area (Å²) in [7, 11) is 1.70. The zero-order valence-corrected chi connectivity index (χ0v) is 20.0. The molecule has 0 bridgehead atoms. The van der Waals surface area contributed by atoms with Gasteiger partial charge < -0.3 is 14.7 Å². The van der Waals surface area contributed by atoms with Crippen molar-refractivity contribution in [1.29, 1.82) is 0 Å². The molecule has 1 aliphatic rings. The number of hydrogen-bond donors (Lipinski definition) is 1. The molecule has 186 valence electrons. The lowest BCUT2D eigenvalue weighted by atomic mass is 10.1. The molecule has 0 aliphatic carbocycles. The first kappa shape index (κ1) is 23.5. The summed E-state index contributed by atoms with van der Waals surface area (Å²) in [5.74, 6) is -0.285. The van der Waals surface area contributed by atoms with Crippen LogP contribution in [0.3, 0.4) is 0 Å². The number of carboxylic acid groups (broad SMARTS) is 1. The van der Waals surface area contributed by atoms with Gasteiger partial charge in [-0.15, -0.1) is 0 Å². The van der Waals surface area contributed by atoms with E-state index in [0.717, 1.165) is 22.2 Å². The van der Waals surface area contributed by atoms with E-state index >= 15 is 0 Å². The van der Waals surface area contributed by atoms with Crippen LogP contribution in [-0.2, 0) is 18.4 Å². The number of carboxylic acids is 1. The molecule has 0 spiro atoms. The smallest absolute Gasteiger partial charge is 0.308 e. The molecule has 9 nitrogen and oxygen atoms in total. The van der Waals surface area contributed by atoms with Crippen molar-refractivity contribution in [2.24, 2.45) is 13.0 Å². The number of aliphatic carboxylic acids is 1. The van der Waals surface area contributed by atoms with Crippen LogP contribution in [0.4, 0.5) is 10.3 Å². The number of alkyl halides is 1. The fraction of sp³-hybridized carbons (Fsp3) is 0.308. The average molecular weight is 492 g/mol. The monoisotopic (exact) mass is 491 g/mol. The Morgan fingerprint density at radius 3 is 2.64 bits per heavy atom. The van der Waals surface area contributed by atoms with Crippen molar-refractivity contribution in [2.45, 2.75) is 26.2 Å². The predicted molar refractivity (Wildman–Crippen MR) is 133 cm³/mol. The van der Waals surface area contributed by atoms with Crippen LogP contribution in [0.5, 0.6) is 5.75 Å². The van der Waals surface area contributed by atoms with E-state index in [2.05, 4.69) is 9.97 Å². The number of anilines is 1. The van der Waals surface area contributed by atoms with E-state index in [1.807, 2.05) is 33.8 Å². The van der Waals surface area contributed by atoms with Gasteiger partial charge in [0.2, 0.25) is 12.3 Å². The standard InChI is InChI=1S/C26H26FN5O4/c1-16(27)36-23-6-4-3-5-18(23)15-32-22-11-17(7-8-21(22)24(33)30(32)2)20-12-28-26(29-13-20)31-10-9-19(14-31)25(34)35/h3-8,11-13,16,19H,9-10,14-15H2,1-2H3,(H,34,35)/t16?,19-/m0/s1. The number of fused-ring (bicyclic) bond motifs is 1. The van der Waals surface area contributed by atoms with E-state index in [1.54, 1.807) is 37.6 Å². The fourth-order valence-corrected chi connectivity index (χ4v) is 4.61. The average Bonchev–Trinajstić information content (AvgIpc) is 3.45. The SMILES string of the molecule is CC(F)Oc1ccccc1Cn1c2cc(-c3cnc(N4CC[C@H](C(=O)O)C4)nc3)ccc2c(=O)n1C. The Balaban J connectivity index is 1.47. The van der Waals surface area contributed by atoms with Crippen molar-refractivity contribution >= 4 is 22.8 Å². The van der Waals surface area contributed by atoms with Gasteiger partial charge in [-0.1, -0.05) is 24.3 Å². The zero-order chi connectivity index (χ0) is 25.4. The Bertz CT molecular complexity index is 1480. The highest BCUT2D eigenvalue weighted by Gasteiger charge is 2.29. The number of carbonyl (C=O) groups is 1. The van der Waals surface area contributed by atoms with Crippen LogP contribution in [0.15, 0.2) is 59.7 Å². The van der Waals surface area contributed by atoms with Gasteiger partial charge in [-0.05, 0) is 30.2 Å². The van der Waals surface area contributed by atoms with Crippen LogP contribution in [0.25, 0.3) is 22.0 Å². The summed E-state index contributed by atoms with van der Waals surface area (Å²) in [6, 6.07) is 12.7. The van der Waals surface area contributed by atoms with Crippen LogP contribution < -0.4 is 15.2 Å². The van der Waals surface area contributed by atoms with Gasteiger partial charge in [-0.3, -0.25) is 19.0 Å². The third-order valence-corrected chi connectivity index (χ3v) is 6.54. The third-order valence-electron chi connectivity index (χ3n) is 6.54. The summed E-state index contributed by atoms with van der Waals surface area (Å²) in [4.78, 5) is 34.9. The molecule has 1 N–H and O–H groups in total. The Labute approximate surface area is 206 Å². The van der Waals surface area contributed by atoms with Crippen molar-refractivity contribution in [2.75, 3.05) is 18.0 Å². The molecule has 4 aromatic rings. The van der Waals surface area contributed by atoms with Crippen molar-refractivity contribution in [3.8, 4) is 16.9 Å². The van der Waals surface area contributed by atoms with Gasteiger partial charge in [0.1, 0.15) is 5.75 Å². The van der Waals surface area contributed by atoms with E-state index < -0.39 is 18.2 Å². The second-order valence-corrected chi connectivity index (χ2v) is 8.93. The molecule has 2 aromatic carbocycles. The van der Waals surface area contributed by atoms with E-state index in [-0.39, 0.29) is 5.56 Å². The van der Waals surface area contributed by atoms with E-state index in [4.69, 9.17) is 4.74 Å². The molecule has 1 saturated heterocycles. The Kier molecular flexibility index (Phi) is 6.17. The van der Waals surface area contributed by atoms with Crippen molar-refractivity contribution < 1.29 is 19.0 Å². The van der Waals surface area contributed by atoms with Gasteiger partial charge in [0.15, 0.2) is 0 Å². The van der Waals surface area contributed by atoms with Crippen LogP contribution >= 0.6 is 0 Å². The van der Waals surface area contributed by atoms with Crippen molar-refractivity contribution in [3.05, 3.63) is 70.8 Å². The molecular formula is C26H26FN5O4. The highest BCUT2D eigenvalue weighted by Crippen LogP contribution is 2.27. The minimum atomic E-state index is -1.46. The summed E-state index contributed by atoms with van der Waals surface area (Å²) < 4.78 is 22.2. The molecule has 1 fully saturated rings. The summed E-state index contributed by atoms with van der Waals surface area (Å²) in [6.45, 7) is 2.64. The summed E-state index contributed by atoms with van der Waals surface area (Å²) in [6.07, 6.45) is 2.52. The number of benzene rings is 2. The largest absolute Gasteiger partial charge is 0.481 e. The molecule has 2 aromatic heterocycles. The minimum Gasteiger partial charge on any atom is -0.481 e. The lowest BCUT2D eigenvalue weighted by Gasteiger charge is -2.16. The summed E-state index contributed by atoms with van der Waals surface area (Å²) >= 11 is 0. The summed E-state index contributed by atoms with van der Waals surface area (Å²) in [5.41, 5.74) is 2.93. The maximum Gasteiger partial charge on any atom is 0.308 e. The molecular weight excluding hydrogens is 465 g/mol. The molecule has 3 heterocycles. The van der Waals surface area contributed by atoms with Crippen molar-refractivity contribution in [1.82, 2.24) is 19.3 Å². The Morgan fingerprint density at radius 1 is 1.19 bits per heavy atom. The van der Waals surface area contributed by atoms with Crippen LogP contribution in [0.1, 0.15) is 18.9 Å². The molecule has 2 atom stereocenters. The predicted octanol–water partition coefficient (Wildman–Crippen LogP) is 3.45.